The summed E-state index contributed by atoms with van der Waals surface area (Å²) in [6.45, 7) is 3.61. The topological polar surface area (TPSA) is 70.2 Å². The summed E-state index contributed by atoms with van der Waals surface area (Å²) in [4.78, 5) is 16.1. The van der Waals surface area contributed by atoms with E-state index in [1.807, 2.05) is 17.9 Å². The number of hydrogen-bond donors (Lipinski definition) is 0. The summed E-state index contributed by atoms with van der Waals surface area (Å²) < 4.78 is 75.1. The van der Waals surface area contributed by atoms with Crippen LogP contribution in [-0.2, 0) is 25.7 Å². The number of esters is 1. The van der Waals surface area contributed by atoms with Crippen molar-refractivity contribution in [3.63, 3.8) is 0 Å². The third kappa shape index (κ3) is 5.99. The zero-order valence-corrected chi connectivity index (χ0v) is 24.5. The lowest BCUT2D eigenvalue weighted by Gasteiger charge is -2.49. The van der Waals surface area contributed by atoms with Crippen molar-refractivity contribution in [2.75, 3.05) is 49.0 Å². The van der Waals surface area contributed by atoms with E-state index in [2.05, 4.69) is 4.90 Å². The number of carbonyl (C=O) groups excluding carboxylic acids is 1. The number of methoxy groups -OCH3 is 1. The highest BCUT2D eigenvalue weighted by molar-refractivity contribution is 7.92. The summed E-state index contributed by atoms with van der Waals surface area (Å²) in [5.74, 6) is -0.368. The van der Waals surface area contributed by atoms with E-state index in [-0.39, 0.29) is 40.6 Å². The van der Waals surface area contributed by atoms with Gasteiger partial charge in [0.25, 0.3) is 10.0 Å². The van der Waals surface area contributed by atoms with Crippen LogP contribution in [0.25, 0.3) is 12.2 Å². The minimum Gasteiger partial charge on any atom is -0.468 e. The van der Waals surface area contributed by atoms with E-state index >= 15 is 0 Å². The molecule has 3 aromatic rings. The second kappa shape index (κ2) is 11.6. The molecular weight excluding hydrogens is 591 g/mol. The maximum Gasteiger partial charge on any atom is 0.417 e. The Morgan fingerprint density at radius 1 is 1.02 bits per heavy atom. The van der Waals surface area contributed by atoms with Crippen LogP contribution in [-0.4, -0.2) is 65.2 Å². The molecule has 0 bridgehead atoms. The zero-order valence-electron chi connectivity index (χ0n) is 22.9. The minimum absolute atomic E-state index is 0.0460. The van der Waals surface area contributed by atoms with Gasteiger partial charge in [0, 0.05) is 30.2 Å². The molecule has 2 aliphatic rings. The second-order valence-corrected chi connectivity index (χ2v) is 12.6. The first-order valence-electron chi connectivity index (χ1n) is 13.2. The molecule has 0 aliphatic carbocycles. The number of nitrogens with zero attached hydrogens (tertiary/aromatic N) is 3. The van der Waals surface area contributed by atoms with Crippen LogP contribution in [0, 0.1) is 6.92 Å². The van der Waals surface area contributed by atoms with E-state index < -0.39 is 21.8 Å². The van der Waals surface area contributed by atoms with Gasteiger partial charge in [0.1, 0.15) is 0 Å². The van der Waals surface area contributed by atoms with Crippen molar-refractivity contribution in [3.05, 3.63) is 87.9 Å². The maximum atomic E-state index is 14.0. The van der Waals surface area contributed by atoms with Crippen molar-refractivity contribution in [1.29, 1.82) is 0 Å². The van der Waals surface area contributed by atoms with Gasteiger partial charge in [-0.25, -0.2) is 8.42 Å². The highest BCUT2D eigenvalue weighted by Crippen LogP contribution is 2.41. The van der Waals surface area contributed by atoms with Crippen LogP contribution in [0.5, 0.6) is 0 Å². The second-order valence-electron chi connectivity index (χ2n) is 10.3. The van der Waals surface area contributed by atoms with Crippen LogP contribution in [0.4, 0.5) is 24.5 Å². The summed E-state index contributed by atoms with van der Waals surface area (Å²) in [6, 6.07) is 15.2. The molecule has 0 N–H and O–H groups in total. The van der Waals surface area contributed by atoms with Gasteiger partial charge in [-0.15, -0.1) is 0 Å². The SMILES string of the molecule is COC(=O)CN1CCN2c3ccc(/C=C/c4c(Cl)cccc4C(F)(F)F)cc3N(S(=O)(=O)c3cccc(C)c3)C[C@H]2C1. The molecule has 0 spiro atoms. The van der Waals surface area contributed by atoms with Crippen LogP contribution >= 0.6 is 11.6 Å². The van der Waals surface area contributed by atoms with Crippen LogP contribution in [0.1, 0.15) is 22.3 Å². The number of halogens is 4. The van der Waals surface area contributed by atoms with Gasteiger partial charge in [-0.1, -0.05) is 48.0 Å². The van der Waals surface area contributed by atoms with Gasteiger partial charge in [-0.05, 0) is 54.4 Å². The van der Waals surface area contributed by atoms with E-state index in [1.165, 1.54) is 35.7 Å². The van der Waals surface area contributed by atoms with Crippen molar-refractivity contribution < 1.29 is 31.1 Å². The van der Waals surface area contributed by atoms with Crippen LogP contribution in [0.3, 0.4) is 0 Å². The minimum atomic E-state index is -4.59. The number of carbonyl (C=O) groups is 1. The third-order valence-corrected chi connectivity index (χ3v) is 9.58. The molecule has 5 rings (SSSR count). The molecule has 3 aromatic carbocycles. The molecule has 12 heteroatoms. The summed E-state index contributed by atoms with van der Waals surface area (Å²) >= 11 is 6.13. The fourth-order valence-corrected chi connectivity index (χ4v) is 7.28. The van der Waals surface area contributed by atoms with Crippen molar-refractivity contribution >= 4 is 51.1 Å². The van der Waals surface area contributed by atoms with Crippen LogP contribution < -0.4 is 9.21 Å². The number of hydrogen-bond acceptors (Lipinski definition) is 6. The number of sulfonamides is 1. The van der Waals surface area contributed by atoms with Crippen molar-refractivity contribution in [2.45, 2.75) is 24.0 Å². The van der Waals surface area contributed by atoms with Gasteiger partial charge in [-0.2, -0.15) is 13.2 Å². The lowest BCUT2D eigenvalue weighted by molar-refractivity contribution is -0.142. The lowest BCUT2D eigenvalue weighted by atomic mass is 10.0. The first-order chi connectivity index (χ1) is 19.9. The molecule has 0 radical (unpaired) electrons. The molecular formula is C30H29ClF3N3O4S. The Kier molecular flexibility index (Phi) is 8.28. The van der Waals surface area contributed by atoms with Crippen molar-refractivity contribution in [1.82, 2.24) is 4.90 Å². The maximum absolute atomic E-state index is 14.0. The molecule has 1 atom stereocenters. The molecule has 0 aromatic heterocycles. The molecule has 0 saturated carbocycles. The highest BCUT2D eigenvalue weighted by atomic mass is 35.5. The lowest BCUT2D eigenvalue weighted by Crippen LogP contribution is -2.61. The molecule has 222 valence electrons. The first kappa shape index (κ1) is 29.9. The molecule has 0 amide bonds. The number of fused-ring (bicyclic) bond motifs is 3. The van der Waals surface area contributed by atoms with Gasteiger partial charge >= 0.3 is 12.1 Å². The monoisotopic (exact) mass is 619 g/mol. The quantitative estimate of drug-likeness (QED) is 0.260. The molecule has 7 nitrogen and oxygen atoms in total. The van der Waals surface area contributed by atoms with Crippen LogP contribution in [0.2, 0.25) is 5.02 Å². The number of aryl methyl sites for hydroxylation is 1. The van der Waals surface area contributed by atoms with Gasteiger partial charge in [0.05, 0.1) is 48.1 Å². The standard InChI is InChI=1S/C30H29ClF3N3O4S/c1-20-5-3-6-23(15-20)42(39,40)37-18-22-17-35(19-29(38)41-2)13-14-36(22)27-12-10-21(16-28(27)37)9-11-24-25(30(32,33)34)7-4-8-26(24)31/h3-12,15-16,22H,13-14,17-19H2,1-2H3/b11-9+/t22-/m1/s1. The molecule has 2 aliphatic heterocycles. The van der Waals surface area contributed by atoms with Gasteiger partial charge in [-0.3, -0.25) is 14.0 Å². The fourth-order valence-electron chi connectivity index (χ4n) is 5.42. The predicted molar refractivity (Wildman–Crippen MR) is 157 cm³/mol. The molecule has 1 fully saturated rings. The number of ether oxygens (including phenoxy) is 1. The van der Waals surface area contributed by atoms with Crippen molar-refractivity contribution in [3.8, 4) is 0 Å². The summed E-state index contributed by atoms with van der Waals surface area (Å²) in [5, 5.41) is -0.0460. The average Bonchev–Trinajstić information content (AvgIpc) is 2.95. The molecule has 42 heavy (non-hydrogen) atoms. The van der Waals surface area contributed by atoms with E-state index in [1.54, 1.807) is 36.4 Å². The number of benzene rings is 3. The number of anilines is 2. The predicted octanol–water partition coefficient (Wildman–Crippen LogP) is 5.71. The summed E-state index contributed by atoms with van der Waals surface area (Å²) in [6.07, 6.45) is -1.80. The van der Waals surface area contributed by atoms with Gasteiger partial charge in [0.15, 0.2) is 0 Å². The highest BCUT2D eigenvalue weighted by Gasteiger charge is 2.40. The number of alkyl halides is 3. The van der Waals surface area contributed by atoms with Gasteiger partial charge in [0.2, 0.25) is 0 Å². The van der Waals surface area contributed by atoms with E-state index in [0.29, 0.717) is 36.6 Å². The Hall–Kier alpha value is -3.54. The number of rotatable bonds is 6. The molecule has 0 unspecified atom stereocenters. The smallest absolute Gasteiger partial charge is 0.417 e. The third-order valence-electron chi connectivity index (χ3n) is 7.48. The Balaban J connectivity index is 1.56. The Labute approximate surface area is 247 Å². The van der Waals surface area contributed by atoms with E-state index in [0.717, 1.165) is 11.6 Å². The fraction of sp³-hybridized carbons (Fsp3) is 0.300. The zero-order chi connectivity index (χ0) is 30.2. The number of piperazine rings is 1. The summed E-state index contributed by atoms with van der Waals surface area (Å²) in [5.41, 5.74) is 1.37. The van der Waals surface area contributed by atoms with Crippen molar-refractivity contribution in [2.24, 2.45) is 0 Å². The molecule has 1 saturated heterocycles. The average molecular weight is 620 g/mol. The normalized spacial score (nSPS) is 17.7. The Morgan fingerprint density at radius 3 is 2.50 bits per heavy atom. The van der Waals surface area contributed by atoms with E-state index in [4.69, 9.17) is 16.3 Å². The van der Waals surface area contributed by atoms with E-state index in [9.17, 15) is 26.4 Å². The van der Waals surface area contributed by atoms with Crippen LogP contribution in [0.15, 0.2) is 65.6 Å². The first-order valence-corrected chi connectivity index (χ1v) is 15.0. The largest absolute Gasteiger partial charge is 0.468 e. The molecule has 2 heterocycles. The Morgan fingerprint density at radius 2 is 1.79 bits per heavy atom. The Bertz CT molecular complexity index is 1640. The summed E-state index contributed by atoms with van der Waals surface area (Å²) in [7, 11) is -2.68. The van der Waals surface area contributed by atoms with Gasteiger partial charge < -0.3 is 9.64 Å².